The quantitative estimate of drug-likeness (QED) is 0.620. The van der Waals surface area contributed by atoms with Gasteiger partial charge < -0.3 is 20.3 Å². The monoisotopic (exact) mass is 304 g/mol. The Morgan fingerprint density at radius 1 is 1.32 bits per heavy atom. The molecule has 1 unspecified atom stereocenters. The summed E-state index contributed by atoms with van der Waals surface area (Å²) in [6, 6.07) is 8.08. The summed E-state index contributed by atoms with van der Waals surface area (Å²) in [5.74, 6) is 2.47. The van der Waals surface area contributed by atoms with E-state index in [1.54, 1.807) is 7.11 Å². The van der Waals surface area contributed by atoms with Crippen molar-refractivity contribution in [3.8, 4) is 5.75 Å². The Hall–Kier alpha value is -1.75. The van der Waals surface area contributed by atoms with E-state index in [0.29, 0.717) is 0 Å². The molecule has 0 radical (unpaired) electrons. The number of hydrogen-bond donors (Lipinski definition) is 2. The van der Waals surface area contributed by atoms with Crippen molar-refractivity contribution < 1.29 is 4.74 Å². The fourth-order valence-corrected chi connectivity index (χ4v) is 2.76. The molecule has 2 rings (SSSR count). The van der Waals surface area contributed by atoms with Gasteiger partial charge in [0.2, 0.25) is 0 Å². The number of ether oxygens (including phenoxy) is 1. The molecule has 1 aromatic carbocycles. The lowest BCUT2D eigenvalue weighted by molar-refractivity contribution is 0.342. The molecule has 1 saturated heterocycles. The molecule has 1 aliphatic rings. The number of rotatable bonds is 6. The molecule has 22 heavy (non-hydrogen) atoms. The highest BCUT2D eigenvalue weighted by atomic mass is 16.5. The standard InChI is InChI=1S/C17H28N4O/c1-4-21-10-9-15(13-21)12-20-17(18-2)19-11-14-5-7-16(22-3)8-6-14/h5-8,15H,4,9-13H2,1-3H3,(H2,18,19,20). The minimum atomic E-state index is 0.722. The molecule has 1 aliphatic heterocycles. The molecule has 0 bridgehead atoms. The van der Waals surface area contributed by atoms with Gasteiger partial charge in [-0.3, -0.25) is 4.99 Å². The van der Waals surface area contributed by atoms with E-state index in [4.69, 9.17) is 4.74 Å². The lowest BCUT2D eigenvalue weighted by atomic mass is 10.1. The van der Waals surface area contributed by atoms with E-state index in [0.717, 1.165) is 37.3 Å². The summed E-state index contributed by atoms with van der Waals surface area (Å²) in [4.78, 5) is 6.79. The Labute approximate surface area is 133 Å². The molecule has 0 aromatic heterocycles. The number of methoxy groups -OCH3 is 1. The average molecular weight is 304 g/mol. The van der Waals surface area contributed by atoms with Gasteiger partial charge in [-0.05, 0) is 43.1 Å². The van der Waals surface area contributed by atoms with Crippen molar-refractivity contribution in [2.45, 2.75) is 19.9 Å². The Kier molecular flexibility index (Phi) is 6.52. The molecule has 1 fully saturated rings. The molecule has 5 nitrogen and oxygen atoms in total. The van der Waals surface area contributed by atoms with Crippen LogP contribution in [0.15, 0.2) is 29.3 Å². The van der Waals surface area contributed by atoms with E-state index < -0.39 is 0 Å². The molecular weight excluding hydrogens is 276 g/mol. The smallest absolute Gasteiger partial charge is 0.191 e. The Morgan fingerprint density at radius 2 is 2.09 bits per heavy atom. The van der Waals surface area contributed by atoms with Crippen LogP contribution in [0.3, 0.4) is 0 Å². The van der Waals surface area contributed by atoms with Gasteiger partial charge in [-0.1, -0.05) is 19.1 Å². The van der Waals surface area contributed by atoms with Gasteiger partial charge in [0.25, 0.3) is 0 Å². The summed E-state index contributed by atoms with van der Waals surface area (Å²) in [5, 5.41) is 6.79. The largest absolute Gasteiger partial charge is 0.497 e. The highest BCUT2D eigenvalue weighted by Gasteiger charge is 2.20. The van der Waals surface area contributed by atoms with Crippen LogP contribution in [0.4, 0.5) is 0 Å². The van der Waals surface area contributed by atoms with Crippen molar-refractivity contribution in [1.82, 2.24) is 15.5 Å². The van der Waals surface area contributed by atoms with E-state index >= 15 is 0 Å². The Balaban J connectivity index is 1.73. The number of guanidine groups is 1. The van der Waals surface area contributed by atoms with Crippen molar-refractivity contribution in [3.63, 3.8) is 0 Å². The van der Waals surface area contributed by atoms with E-state index in [-0.39, 0.29) is 0 Å². The van der Waals surface area contributed by atoms with Crippen LogP contribution in [-0.4, -0.2) is 51.2 Å². The zero-order valence-corrected chi connectivity index (χ0v) is 13.9. The van der Waals surface area contributed by atoms with Gasteiger partial charge in [0.1, 0.15) is 5.75 Å². The van der Waals surface area contributed by atoms with Crippen LogP contribution in [0.25, 0.3) is 0 Å². The van der Waals surface area contributed by atoms with Crippen LogP contribution in [0.2, 0.25) is 0 Å². The molecule has 0 saturated carbocycles. The van der Waals surface area contributed by atoms with E-state index in [2.05, 4.69) is 39.6 Å². The van der Waals surface area contributed by atoms with Crippen molar-refractivity contribution >= 4 is 5.96 Å². The van der Waals surface area contributed by atoms with Crippen LogP contribution in [-0.2, 0) is 6.54 Å². The van der Waals surface area contributed by atoms with Crippen LogP contribution < -0.4 is 15.4 Å². The number of benzene rings is 1. The maximum Gasteiger partial charge on any atom is 0.191 e. The zero-order valence-electron chi connectivity index (χ0n) is 13.9. The van der Waals surface area contributed by atoms with Gasteiger partial charge in [0.15, 0.2) is 5.96 Å². The molecule has 122 valence electrons. The summed E-state index contributed by atoms with van der Waals surface area (Å²) in [6.07, 6.45) is 1.27. The zero-order chi connectivity index (χ0) is 15.8. The summed E-state index contributed by atoms with van der Waals surface area (Å²) >= 11 is 0. The molecule has 1 atom stereocenters. The topological polar surface area (TPSA) is 48.9 Å². The maximum absolute atomic E-state index is 5.17. The molecule has 5 heteroatoms. The van der Waals surface area contributed by atoms with E-state index in [1.165, 1.54) is 25.1 Å². The first kappa shape index (κ1) is 16.6. The predicted molar refractivity (Wildman–Crippen MR) is 91.4 cm³/mol. The van der Waals surface area contributed by atoms with E-state index in [1.807, 2.05) is 19.2 Å². The molecule has 0 aliphatic carbocycles. The highest BCUT2D eigenvalue weighted by Crippen LogP contribution is 2.14. The summed E-state index contributed by atoms with van der Waals surface area (Å²) in [6.45, 7) is 7.54. The normalized spacial score (nSPS) is 19.2. The molecule has 1 heterocycles. The number of likely N-dealkylation sites (tertiary alicyclic amines) is 1. The minimum Gasteiger partial charge on any atom is -0.497 e. The first-order chi connectivity index (χ1) is 10.7. The Bertz CT molecular complexity index is 472. The second-order valence-electron chi connectivity index (χ2n) is 5.70. The second kappa shape index (κ2) is 8.63. The van der Waals surface area contributed by atoms with Crippen LogP contribution in [0.5, 0.6) is 5.75 Å². The number of nitrogens with zero attached hydrogens (tertiary/aromatic N) is 2. The van der Waals surface area contributed by atoms with Crippen molar-refractivity contribution in [3.05, 3.63) is 29.8 Å². The summed E-state index contributed by atoms with van der Waals surface area (Å²) in [5.41, 5.74) is 1.21. The lowest BCUT2D eigenvalue weighted by Crippen LogP contribution is -2.39. The third-order valence-corrected chi connectivity index (χ3v) is 4.22. The number of nitrogens with one attached hydrogen (secondary N) is 2. The average Bonchev–Trinajstić information content (AvgIpc) is 3.03. The molecule has 0 amide bonds. The van der Waals surface area contributed by atoms with Gasteiger partial charge in [-0.2, -0.15) is 0 Å². The van der Waals surface area contributed by atoms with Crippen molar-refractivity contribution in [2.75, 3.05) is 40.3 Å². The van der Waals surface area contributed by atoms with Crippen LogP contribution in [0.1, 0.15) is 18.9 Å². The first-order valence-electron chi connectivity index (χ1n) is 8.05. The minimum absolute atomic E-state index is 0.722. The number of hydrogen-bond acceptors (Lipinski definition) is 3. The Morgan fingerprint density at radius 3 is 2.68 bits per heavy atom. The maximum atomic E-state index is 5.17. The second-order valence-corrected chi connectivity index (χ2v) is 5.70. The first-order valence-corrected chi connectivity index (χ1v) is 8.05. The van der Waals surface area contributed by atoms with Crippen LogP contribution in [0, 0.1) is 5.92 Å². The van der Waals surface area contributed by atoms with Crippen molar-refractivity contribution in [2.24, 2.45) is 10.9 Å². The van der Waals surface area contributed by atoms with Gasteiger partial charge in [-0.25, -0.2) is 0 Å². The lowest BCUT2D eigenvalue weighted by Gasteiger charge is -2.16. The molecule has 1 aromatic rings. The fourth-order valence-electron chi connectivity index (χ4n) is 2.76. The van der Waals surface area contributed by atoms with Crippen molar-refractivity contribution in [1.29, 1.82) is 0 Å². The van der Waals surface area contributed by atoms with Gasteiger partial charge in [0.05, 0.1) is 7.11 Å². The fraction of sp³-hybridized carbons (Fsp3) is 0.588. The van der Waals surface area contributed by atoms with Gasteiger partial charge in [-0.15, -0.1) is 0 Å². The van der Waals surface area contributed by atoms with Crippen LogP contribution >= 0.6 is 0 Å². The number of aliphatic imine (C=N–C) groups is 1. The summed E-state index contributed by atoms with van der Waals surface area (Å²) < 4.78 is 5.17. The molecule has 2 N–H and O–H groups in total. The molecular formula is C17H28N4O. The van der Waals surface area contributed by atoms with Gasteiger partial charge >= 0.3 is 0 Å². The van der Waals surface area contributed by atoms with E-state index in [9.17, 15) is 0 Å². The third-order valence-electron chi connectivity index (χ3n) is 4.22. The SMILES string of the molecule is CCN1CCC(CNC(=NC)NCc2ccc(OC)cc2)C1. The van der Waals surface area contributed by atoms with Gasteiger partial charge in [0, 0.05) is 26.7 Å². The highest BCUT2D eigenvalue weighted by molar-refractivity contribution is 5.79. The third kappa shape index (κ3) is 4.91. The molecule has 0 spiro atoms. The summed E-state index contributed by atoms with van der Waals surface area (Å²) in [7, 11) is 3.50. The predicted octanol–water partition coefficient (Wildman–Crippen LogP) is 1.70.